The third-order valence-corrected chi connectivity index (χ3v) is 2.27. The van der Waals surface area contributed by atoms with Crippen LogP contribution in [0.3, 0.4) is 0 Å². The zero-order valence-corrected chi connectivity index (χ0v) is 8.35. The Labute approximate surface area is 84.3 Å². The molecule has 10 heteroatoms. The van der Waals surface area contributed by atoms with Crippen LogP contribution < -0.4 is 10.6 Å². The Morgan fingerprint density at radius 2 is 1.40 bits per heavy atom. The standard InChI is InChI=1S/C5H11N2O7P/c8-3(9)1-6-5(15(12,13)14)7-2-4(10)11/h5-7H,1-2H2,(H,8,9)(H,10,11)(H2,12,13,14). The van der Waals surface area contributed by atoms with Crippen molar-refractivity contribution < 1.29 is 34.2 Å². The maximum Gasteiger partial charge on any atom is 0.356 e. The van der Waals surface area contributed by atoms with Gasteiger partial charge in [-0.05, 0) is 0 Å². The van der Waals surface area contributed by atoms with Gasteiger partial charge >= 0.3 is 19.5 Å². The summed E-state index contributed by atoms with van der Waals surface area (Å²) in [4.78, 5) is 37.6. The van der Waals surface area contributed by atoms with Crippen molar-refractivity contribution in [2.75, 3.05) is 13.1 Å². The molecule has 0 aliphatic carbocycles. The first-order chi connectivity index (χ1) is 6.73. The van der Waals surface area contributed by atoms with Gasteiger partial charge in [-0.1, -0.05) is 0 Å². The molecule has 0 spiro atoms. The summed E-state index contributed by atoms with van der Waals surface area (Å²) in [6, 6.07) is 0. The van der Waals surface area contributed by atoms with Gasteiger partial charge < -0.3 is 20.0 Å². The van der Waals surface area contributed by atoms with Crippen molar-refractivity contribution in [1.29, 1.82) is 0 Å². The average Bonchev–Trinajstić information content (AvgIpc) is 2.00. The van der Waals surface area contributed by atoms with Crippen LogP contribution in [0.4, 0.5) is 0 Å². The zero-order chi connectivity index (χ0) is 12.1. The molecule has 0 atom stereocenters. The lowest BCUT2D eigenvalue weighted by Crippen LogP contribution is -2.45. The highest BCUT2D eigenvalue weighted by atomic mass is 31.2. The summed E-state index contributed by atoms with van der Waals surface area (Å²) in [6.07, 6.45) is 0. The Kier molecular flexibility index (Phi) is 5.40. The van der Waals surface area contributed by atoms with Crippen molar-refractivity contribution in [1.82, 2.24) is 10.6 Å². The first-order valence-electron chi connectivity index (χ1n) is 3.69. The second-order valence-electron chi connectivity index (χ2n) is 2.54. The Morgan fingerprint density at radius 1 is 1.07 bits per heavy atom. The fourth-order valence-electron chi connectivity index (χ4n) is 0.678. The molecule has 0 saturated heterocycles. The number of carbonyl (C=O) groups is 2. The molecule has 0 heterocycles. The molecule has 9 nitrogen and oxygen atoms in total. The first kappa shape index (κ1) is 14.0. The lowest BCUT2D eigenvalue weighted by Gasteiger charge is -2.19. The van der Waals surface area contributed by atoms with E-state index in [9.17, 15) is 14.2 Å². The van der Waals surface area contributed by atoms with Crippen LogP contribution in [0.2, 0.25) is 0 Å². The molecule has 0 aromatic heterocycles. The van der Waals surface area contributed by atoms with E-state index < -0.39 is 38.5 Å². The van der Waals surface area contributed by atoms with E-state index >= 15 is 0 Å². The second kappa shape index (κ2) is 5.79. The molecule has 15 heavy (non-hydrogen) atoms. The third-order valence-electron chi connectivity index (χ3n) is 1.23. The maximum absolute atomic E-state index is 10.7. The Morgan fingerprint density at radius 3 is 1.60 bits per heavy atom. The van der Waals surface area contributed by atoms with Gasteiger partial charge in [-0.25, -0.2) is 0 Å². The van der Waals surface area contributed by atoms with Crippen LogP contribution in [-0.4, -0.2) is 50.9 Å². The summed E-state index contributed by atoms with van der Waals surface area (Å²) in [6.45, 7) is -1.38. The third kappa shape index (κ3) is 7.00. The smallest absolute Gasteiger partial charge is 0.356 e. The number of aliphatic carboxylic acids is 2. The average molecular weight is 242 g/mol. The summed E-state index contributed by atoms with van der Waals surface area (Å²) in [5.41, 5.74) is 0. The Bertz CT molecular complexity index is 269. The molecule has 0 unspecified atom stereocenters. The van der Waals surface area contributed by atoms with Crippen molar-refractivity contribution in [3.63, 3.8) is 0 Å². The molecule has 88 valence electrons. The predicted octanol–water partition coefficient (Wildman–Crippen LogP) is -2.20. The number of nitrogens with one attached hydrogen (secondary N) is 2. The molecule has 0 radical (unpaired) electrons. The van der Waals surface area contributed by atoms with Crippen molar-refractivity contribution in [3.05, 3.63) is 0 Å². The number of hydrogen-bond acceptors (Lipinski definition) is 5. The van der Waals surface area contributed by atoms with E-state index in [-0.39, 0.29) is 0 Å². The molecule has 0 aromatic carbocycles. The van der Waals surface area contributed by atoms with Crippen LogP contribution in [0.5, 0.6) is 0 Å². The minimum atomic E-state index is -4.64. The van der Waals surface area contributed by atoms with Crippen molar-refractivity contribution >= 4 is 19.5 Å². The number of carboxylic acids is 2. The van der Waals surface area contributed by atoms with E-state index in [0.29, 0.717) is 0 Å². The van der Waals surface area contributed by atoms with Crippen molar-refractivity contribution in [2.45, 2.75) is 5.91 Å². The molecule has 0 aliphatic heterocycles. The van der Waals surface area contributed by atoms with Crippen LogP contribution in [0.1, 0.15) is 0 Å². The van der Waals surface area contributed by atoms with Crippen LogP contribution in [-0.2, 0) is 14.2 Å². The largest absolute Gasteiger partial charge is 0.480 e. The van der Waals surface area contributed by atoms with Crippen LogP contribution in [0.25, 0.3) is 0 Å². The molecule has 6 N–H and O–H groups in total. The Balaban J connectivity index is 4.26. The summed E-state index contributed by atoms with van der Waals surface area (Å²) in [5, 5.41) is 20.4. The fourth-order valence-corrected chi connectivity index (χ4v) is 1.34. The lowest BCUT2D eigenvalue weighted by molar-refractivity contribution is -0.136. The second-order valence-corrected chi connectivity index (χ2v) is 4.24. The maximum atomic E-state index is 10.7. The highest BCUT2D eigenvalue weighted by Gasteiger charge is 2.28. The molecular formula is C5H11N2O7P. The van der Waals surface area contributed by atoms with Gasteiger partial charge in [-0.15, -0.1) is 0 Å². The van der Waals surface area contributed by atoms with Gasteiger partial charge in [0.25, 0.3) is 0 Å². The lowest BCUT2D eigenvalue weighted by atomic mass is 10.6. The molecular weight excluding hydrogens is 231 g/mol. The van der Waals surface area contributed by atoms with Gasteiger partial charge in [-0.2, -0.15) is 0 Å². The molecule has 0 bridgehead atoms. The zero-order valence-electron chi connectivity index (χ0n) is 7.45. The van der Waals surface area contributed by atoms with Crippen LogP contribution in [0, 0.1) is 0 Å². The van der Waals surface area contributed by atoms with E-state index in [4.69, 9.17) is 20.0 Å². The SMILES string of the molecule is O=C(O)CNC(NCC(=O)O)P(=O)(O)O. The molecule has 0 amide bonds. The summed E-state index contributed by atoms with van der Waals surface area (Å²) in [7, 11) is -4.64. The normalized spacial score (nSPS) is 11.7. The molecule has 0 saturated carbocycles. The van der Waals surface area contributed by atoms with Crippen LogP contribution >= 0.6 is 7.60 Å². The number of hydrogen-bond donors (Lipinski definition) is 6. The molecule has 0 aliphatic rings. The van der Waals surface area contributed by atoms with E-state index in [2.05, 4.69) is 0 Å². The molecule has 0 rings (SSSR count). The highest BCUT2D eigenvalue weighted by Crippen LogP contribution is 2.37. The highest BCUT2D eigenvalue weighted by molar-refractivity contribution is 7.52. The molecule has 0 aromatic rings. The van der Waals surface area contributed by atoms with E-state index in [0.717, 1.165) is 0 Å². The van der Waals surface area contributed by atoms with Gasteiger partial charge in [0.2, 0.25) is 0 Å². The first-order valence-corrected chi connectivity index (χ1v) is 5.37. The molecule has 0 fully saturated rings. The Hall–Kier alpha value is -0.990. The van der Waals surface area contributed by atoms with Gasteiger partial charge in [0.05, 0.1) is 13.1 Å². The summed E-state index contributed by atoms with van der Waals surface area (Å²) < 4.78 is 10.7. The van der Waals surface area contributed by atoms with E-state index in [1.54, 1.807) is 0 Å². The van der Waals surface area contributed by atoms with Gasteiger partial charge in [0.15, 0.2) is 5.91 Å². The predicted molar refractivity (Wildman–Crippen MR) is 47.1 cm³/mol. The van der Waals surface area contributed by atoms with Gasteiger partial charge in [0, 0.05) is 0 Å². The van der Waals surface area contributed by atoms with Crippen LogP contribution in [0.15, 0.2) is 0 Å². The van der Waals surface area contributed by atoms with E-state index in [1.165, 1.54) is 0 Å². The van der Waals surface area contributed by atoms with Crippen molar-refractivity contribution in [3.8, 4) is 0 Å². The topological polar surface area (TPSA) is 156 Å². The minimum absolute atomic E-state index is 0.692. The number of carboxylic acid groups (broad SMARTS) is 2. The quantitative estimate of drug-likeness (QED) is 0.215. The van der Waals surface area contributed by atoms with Crippen molar-refractivity contribution in [2.24, 2.45) is 0 Å². The van der Waals surface area contributed by atoms with Gasteiger partial charge in [0.1, 0.15) is 0 Å². The van der Waals surface area contributed by atoms with E-state index in [1.807, 2.05) is 10.6 Å². The minimum Gasteiger partial charge on any atom is -0.480 e. The summed E-state index contributed by atoms with van der Waals surface area (Å²) >= 11 is 0. The fraction of sp³-hybridized carbons (Fsp3) is 0.600. The summed E-state index contributed by atoms with van der Waals surface area (Å²) in [5.74, 6) is -4.32. The number of rotatable bonds is 7. The van der Waals surface area contributed by atoms with Gasteiger partial charge in [-0.3, -0.25) is 24.8 Å². The monoisotopic (exact) mass is 242 g/mol.